The number of hydrogen-bond acceptors (Lipinski definition) is 4. The van der Waals surface area contributed by atoms with E-state index in [-0.39, 0.29) is 24.1 Å². The second-order valence-electron chi connectivity index (χ2n) is 7.23. The van der Waals surface area contributed by atoms with Crippen LogP contribution in [0.1, 0.15) is 39.5 Å². The summed E-state index contributed by atoms with van der Waals surface area (Å²) in [5.41, 5.74) is 3.60. The highest BCUT2D eigenvalue weighted by molar-refractivity contribution is 5.91. The fourth-order valence-electron chi connectivity index (χ4n) is 3.63. The first-order valence-corrected chi connectivity index (χ1v) is 8.83. The molecule has 3 rings (SSSR count). The van der Waals surface area contributed by atoms with Gasteiger partial charge in [-0.25, -0.2) is 4.79 Å². The average molecular weight is 342 g/mol. The number of carbonyl (C=O) groups excluding carboxylic acids is 1. The van der Waals surface area contributed by atoms with E-state index in [1.165, 1.54) is 0 Å². The van der Waals surface area contributed by atoms with Crippen LogP contribution in [0.2, 0.25) is 0 Å². The number of hydrogen-bond donors (Lipinski definition) is 1. The van der Waals surface area contributed by atoms with Crippen molar-refractivity contribution in [3.05, 3.63) is 59.4 Å². The second-order valence-corrected chi connectivity index (χ2v) is 7.23. The molecule has 0 radical (unpaired) electrons. The van der Waals surface area contributed by atoms with Crippen LogP contribution in [0.3, 0.4) is 0 Å². The van der Waals surface area contributed by atoms with E-state index in [1.807, 2.05) is 26.0 Å². The zero-order chi connectivity index (χ0) is 18.1. The summed E-state index contributed by atoms with van der Waals surface area (Å²) >= 11 is 0. The van der Waals surface area contributed by atoms with Crippen LogP contribution in [0.5, 0.6) is 0 Å². The highest BCUT2D eigenvalue weighted by Crippen LogP contribution is 2.34. The Labute approximate surface area is 149 Å². The van der Waals surface area contributed by atoms with Crippen molar-refractivity contribution in [2.24, 2.45) is 5.92 Å². The molecule has 4 nitrogen and oxygen atoms in total. The summed E-state index contributed by atoms with van der Waals surface area (Å²) in [4.78, 5) is 11.9. The average Bonchev–Trinajstić information content (AvgIpc) is 3.02. The summed E-state index contributed by atoms with van der Waals surface area (Å²) in [5, 5.41) is 10.4. The quantitative estimate of drug-likeness (QED) is 0.414. The number of aliphatic hydroxyl groups is 1. The molecule has 1 saturated heterocycles. The molecule has 0 amide bonds. The number of ether oxygens (including phenoxy) is 2. The first-order chi connectivity index (χ1) is 11.8. The Morgan fingerprint density at radius 1 is 1.20 bits per heavy atom. The topological polar surface area (TPSA) is 55.8 Å². The molecule has 0 spiro atoms. The minimum Gasteiger partial charge on any atom is -0.486 e. The summed E-state index contributed by atoms with van der Waals surface area (Å²) in [6.45, 7) is 11.8. The fraction of sp³-hybridized carbons (Fsp3) is 0.476. The number of rotatable bonds is 0. The molecule has 3 aliphatic rings. The summed E-state index contributed by atoms with van der Waals surface area (Å²) < 4.78 is 11.3. The maximum absolute atomic E-state index is 11.9. The zero-order valence-corrected chi connectivity index (χ0v) is 15.0. The molecule has 0 aromatic heterocycles. The van der Waals surface area contributed by atoms with Gasteiger partial charge in [-0.3, -0.25) is 0 Å². The van der Waals surface area contributed by atoms with Crippen LogP contribution in [0.4, 0.5) is 0 Å². The standard InChI is InChI=1S/C21H26O4/c1-12-9-17-11-16(15(4)24-17)6-8-19(22)13(2)5-7-18-14(3)21(23)25-20(18)10-12/h5,10-11,17-20,22H,3-4,6-9H2,1-2H3/b12-10+,13-5-/t17?,18-,19?,20+/m1/s1. The number of fused-ring (bicyclic) bond motifs is 2. The number of carbonyl (C=O) groups is 1. The first kappa shape index (κ1) is 17.7. The number of esters is 1. The van der Waals surface area contributed by atoms with Crippen LogP contribution < -0.4 is 0 Å². The Hall–Kier alpha value is -2.07. The van der Waals surface area contributed by atoms with Crippen LogP contribution in [0, 0.1) is 5.92 Å². The second kappa shape index (κ2) is 7.04. The molecule has 4 atom stereocenters. The molecular formula is C21H26O4. The van der Waals surface area contributed by atoms with Crippen LogP contribution in [-0.4, -0.2) is 29.4 Å². The maximum Gasteiger partial charge on any atom is 0.334 e. The molecule has 1 fully saturated rings. The van der Waals surface area contributed by atoms with Crippen molar-refractivity contribution in [1.82, 2.24) is 0 Å². The van der Waals surface area contributed by atoms with Gasteiger partial charge < -0.3 is 14.6 Å². The highest BCUT2D eigenvalue weighted by atomic mass is 16.6. The Kier molecular flexibility index (Phi) is 5.00. The Bertz CT molecular complexity index is 695. The summed E-state index contributed by atoms with van der Waals surface area (Å²) in [6.07, 6.45) is 7.96. The molecule has 0 aromatic carbocycles. The van der Waals surface area contributed by atoms with Gasteiger partial charge in [-0.15, -0.1) is 0 Å². The van der Waals surface area contributed by atoms with Crippen molar-refractivity contribution in [2.45, 2.75) is 57.8 Å². The van der Waals surface area contributed by atoms with Gasteiger partial charge in [0, 0.05) is 17.9 Å². The lowest BCUT2D eigenvalue weighted by Gasteiger charge is -2.17. The normalized spacial score (nSPS) is 37.7. The van der Waals surface area contributed by atoms with Crippen molar-refractivity contribution in [1.29, 1.82) is 0 Å². The minimum absolute atomic E-state index is 0.0470. The predicted octanol–water partition coefficient (Wildman–Crippen LogP) is 3.75. The molecule has 25 heavy (non-hydrogen) atoms. The van der Waals surface area contributed by atoms with E-state index in [0.29, 0.717) is 24.2 Å². The van der Waals surface area contributed by atoms with Crippen LogP contribution in [0.25, 0.3) is 0 Å². The van der Waals surface area contributed by atoms with E-state index in [2.05, 4.69) is 19.2 Å². The highest BCUT2D eigenvalue weighted by Gasteiger charge is 2.37. The van der Waals surface area contributed by atoms with E-state index in [4.69, 9.17) is 9.47 Å². The molecule has 0 saturated carbocycles. The molecule has 134 valence electrons. The third kappa shape index (κ3) is 3.79. The molecule has 2 bridgehead atoms. The van der Waals surface area contributed by atoms with Crippen molar-refractivity contribution in [2.75, 3.05) is 0 Å². The lowest BCUT2D eigenvalue weighted by Crippen LogP contribution is -2.16. The minimum atomic E-state index is -0.516. The zero-order valence-electron chi connectivity index (χ0n) is 15.0. The van der Waals surface area contributed by atoms with Gasteiger partial charge in [0.25, 0.3) is 0 Å². The van der Waals surface area contributed by atoms with E-state index >= 15 is 0 Å². The Balaban J connectivity index is 1.91. The lowest BCUT2D eigenvalue weighted by molar-refractivity contribution is -0.137. The molecule has 1 aliphatic carbocycles. The molecule has 2 heterocycles. The SMILES string of the molecule is C=C1OC2C=C1CCC(O)/C(C)=C\C[C@@H]1C(=C)C(=O)O[C@H]1/C=C(\C)C2. The van der Waals surface area contributed by atoms with Gasteiger partial charge in [0.05, 0.1) is 6.10 Å². The van der Waals surface area contributed by atoms with Gasteiger partial charge >= 0.3 is 5.97 Å². The predicted molar refractivity (Wildman–Crippen MR) is 96.6 cm³/mol. The van der Waals surface area contributed by atoms with Crippen molar-refractivity contribution in [3.63, 3.8) is 0 Å². The number of aliphatic hydroxyl groups excluding tert-OH is 1. The smallest absolute Gasteiger partial charge is 0.334 e. The van der Waals surface area contributed by atoms with Crippen LogP contribution in [0.15, 0.2) is 59.4 Å². The third-order valence-electron chi connectivity index (χ3n) is 5.27. The molecular weight excluding hydrogens is 316 g/mol. The van der Waals surface area contributed by atoms with E-state index in [1.54, 1.807) is 0 Å². The summed E-state index contributed by atoms with van der Waals surface area (Å²) in [6, 6.07) is 0. The first-order valence-electron chi connectivity index (χ1n) is 8.83. The summed E-state index contributed by atoms with van der Waals surface area (Å²) in [7, 11) is 0. The molecule has 2 unspecified atom stereocenters. The van der Waals surface area contributed by atoms with Gasteiger partial charge in [-0.1, -0.05) is 24.8 Å². The largest absolute Gasteiger partial charge is 0.486 e. The maximum atomic E-state index is 11.9. The van der Waals surface area contributed by atoms with Gasteiger partial charge in [0.2, 0.25) is 0 Å². The van der Waals surface area contributed by atoms with Crippen molar-refractivity contribution in [3.8, 4) is 0 Å². The Morgan fingerprint density at radius 3 is 2.72 bits per heavy atom. The van der Waals surface area contributed by atoms with Crippen molar-refractivity contribution >= 4 is 5.97 Å². The monoisotopic (exact) mass is 342 g/mol. The van der Waals surface area contributed by atoms with Crippen LogP contribution >= 0.6 is 0 Å². The van der Waals surface area contributed by atoms with E-state index in [0.717, 1.165) is 29.6 Å². The van der Waals surface area contributed by atoms with Crippen LogP contribution in [-0.2, 0) is 14.3 Å². The van der Waals surface area contributed by atoms with Gasteiger partial charge in [0.1, 0.15) is 18.0 Å². The third-order valence-corrected chi connectivity index (χ3v) is 5.27. The molecule has 0 aromatic rings. The van der Waals surface area contributed by atoms with Gasteiger partial charge in [0.15, 0.2) is 0 Å². The van der Waals surface area contributed by atoms with Gasteiger partial charge in [-0.2, -0.15) is 0 Å². The fourth-order valence-corrected chi connectivity index (χ4v) is 3.63. The molecule has 1 N–H and O–H groups in total. The van der Waals surface area contributed by atoms with E-state index < -0.39 is 6.10 Å². The van der Waals surface area contributed by atoms with Crippen molar-refractivity contribution < 1.29 is 19.4 Å². The lowest BCUT2D eigenvalue weighted by atomic mass is 9.90. The number of allylic oxidation sites excluding steroid dienone is 2. The Morgan fingerprint density at radius 2 is 1.96 bits per heavy atom. The molecule has 2 aliphatic heterocycles. The van der Waals surface area contributed by atoms with Gasteiger partial charge in [-0.05, 0) is 56.4 Å². The summed E-state index contributed by atoms with van der Waals surface area (Å²) in [5.74, 6) is 0.279. The van der Waals surface area contributed by atoms with E-state index in [9.17, 15) is 9.90 Å². The molecule has 4 heteroatoms.